The van der Waals surface area contributed by atoms with Crippen LogP contribution in [-0.2, 0) is 19.2 Å². The van der Waals surface area contributed by atoms with E-state index in [4.69, 9.17) is 22.3 Å². The van der Waals surface area contributed by atoms with Crippen molar-refractivity contribution in [1.82, 2.24) is 10.6 Å². The summed E-state index contributed by atoms with van der Waals surface area (Å²) in [6.07, 6.45) is 1.24. The quantitative estimate of drug-likeness (QED) is 0.145. The average Bonchev–Trinajstić information content (AvgIpc) is 2.50. The number of unbranched alkanes of at least 4 members (excludes halogenated alkanes) is 1. The molecule has 0 aromatic carbocycles. The first kappa shape index (κ1) is 22.1. The van der Waals surface area contributed by atoms with Crippen LogP contribution in [0.2, 0.25) is 0 Å². The summed E-state index contributed by atoms with van der Waals surface area (Å²) >= 11 is 3.96. The molecule has 0 saturated carbocycles. The average molecular weight is 363 g/mol. The van der Waals surface area contributed by atoms with Gasteiger partial charge < -0.3 is 32.9 Å². The maximum atomic E-state index is 12.0. The summed E-state index contributed by atoms with van der Waals surface area (Å²) in [5.41, 5.74) is 16.0. The van der Waals surface area contributed by atoms with Crippen molar-refractivity contribution in [3.63, 3.8) is 0 Å². The molecule has 0 aliphatic rings. The summed E-state index contributed by atoms with van der Waals surface area (Å²) in [6, 6.07) is -3.38. The van der Waals surface area contributed by atoms with Gasteiger partial charge >= 0.3 is 5.97 Å². The first-order valence-corrected chi connectivity index (χ1v) is 8.04. The van der Waals surface area contributed by atoms with Crippen LogP contribution in [0, 0.1) is 0 Å². The number of amides is 3. The van der Waals surface area contributed by atoms with E-state index in [2.05, 4.69) is 23.3 Å². The number of carbonyl (C=O) groups excluding carboxylic acids is 3. The van der Waals surface area contributed by atoms with Crippen LogP contribution in [0.25, 0.3) is 0 Å². The molecule has 0 saturated heterocycles. The van der Waals surface area contributed by atoms with Crippen molar-refractivity contribution in [2.45, 2.75) is 43.8 Å². The molecule has 0 spiro atoms. The van der Waals surface area contributed by atoms with Gasteiger partial charge in [0.25, 0.3) is 0 Å². The molecule has 0 aliphatic carbocycles. The molecule has 0 aliphatic heterocycles. The number of nitrogens with two attached hydrogens (primary N) is 3. The van der Waals surface area contributed by atoms with Gasteiger partial charge in [-0.15, -0.1) is 0 Å². The number of carbonyl (C=O) groups is 4. The third kappa shape index (κ3) is 8.70. The Kier molecular flexibility index (Phi) is 10.8. The lowest BCUT2D eigenvalue weighted by Gasteiger charge is -2.21. The molecule has 0 heterocycles. The lowest BCUT2D eigenvalue weighted by Crippen LogP contribution is -2.55. The Morgan fingerprint density at radius 1 is 1.04 bits per heavy atom. The molecular formula is C13H25N5O5S. The smallest absolute Gasteiger partial charge is 0.326 e. The van der Waals surface area contributed by atoms with Gasteiger partial charge in [-0.2, -0.15) is 12.6 Å². The lowest BCUT2D eigenvalue weighted by molar-refractivity contribution is -0.143. The summed E-state index contributed by atoms with van der Waals surface area (Å²) in [6.45, 7) is 0.493. The fraction of sp³-hybridized carbons (Fsp3) is 0.692. The number of carboxylic acids is 1. The fourth-order valence-electron chi connectivity index (χ4n) is 1.79. The van der Waals surface area contributed by atoms with Gasteiger partial charge in [0, 0.05) is 5.75 Å². The van der Waals surface area contributed by atoms with Crippen molar-refractivity contribution >= 4 is 36.3 Å². The highest BCUT2D eigenvalue weighted by Gasteiger charge is 2.27. The molecule has 10 nitrogen and oxygen atoms in total. The molecule has 0 aromatic heterocycles. The van der Waals surface area contributed by atoms with Crippen LogP contribution in [0.3, 0.4) is 0 Å². The number of primary amides is 1. The minimum Gasteiger partial charge on any atom is -0.480 e. The van der Waals surface area contributed by atoms with Crippen molar-refractivity contribution in [3.05, 3.63) is 0 Å². The predicted octanol–water partition coefficient (Wildman–Crippen LogP) is -2.70. The number of hydrogen-bond acceptors (Lipinski definition) is 7. The van der Waals surface area contributed by atoms with Crippen LogP contribution in [0.5, 0.6) is 0 Å². The topological polar surface area (TPSA) is 191 Å². The molecule has 9 N–H and O–H groups in total. The highest BCUT2D eigenvalue weighted by atomic mass is 32.1. The maximum absolute atomic E-state index is 12.0. The zero-order valence-electron chi connectivity index (χ0n) is 13.2. The SMILES string of the molecule is NCCCC[C@H](N)C(=O)N[C@@H](CS)C(=O)N[C@@H](CC(N)=O)C(=O)O. The van der Waals surface area contributed by atoms with Crippen LogP contribution in [-0.4, -0.2) is 59.2 Å². The van der Waals surface area contributed by atoms with Gasteiger partial charge in [-0.05, 0) is 19.4 Å². The van der Waals surface area contributed by atoms with E-state index in [9.17, 15) is 19.2 Å². The van der Waals surface area contributed by atoms with Gasteiger partial charge in [0.05, 0.1) is 12.5 Å². The second-order valence-electron chi connectivity index (χ2n) is 5.20. The molecule has 11 heteroatoms. The van der Waals surface area contributed by atoms with Crippen molar-refractivity contribution in [3.8, 4) is 0 Å². The highest BCUT2D eigenvalue weighted by Crippen LogP contribution is 2.00. The first-order chi connectivity index (χ1) is 11.2. The Morgan fingerprint density at radius 3 is 2.08 bits per heavy atom. The molecule has 0 radical (unpaired) electrons. The molecular weight excluding hydrogens is 338 g/mol. The third-order valence-corrected chi connectivity index (χ3v) is 3.51. The molecule has 3 atom stereocenters. The van der Waals surface area contributed by atoms with E-state index in [1.165, 1.54) is 0 Å². The monoisotopic (exact) mass is 363 g/mol. The normalized spacial score (nSPS) is 14.3. The highest BCUT2D eigenvalue weighted by molar-refractivity contribution is 7.80. The molecule has 0 fully saturated rings. The lowest BCUT2D eigenvalue weighted by atomic mass is 10.1. The zero-order chi connectivity index (χ0) is 18.7. The molecule has 0 rings (SSSR count). The third-order valence-electron chi connectivity index (χ3n) is 3.14. The fourth-order valence-corrected chi connectivity index (χ4v) is 2.04. The van der Waals surface area contributed by atoms with E-state index in [0.717, 1.165) is 6.42 Å². The van der Waals surface area contributed by atoms with E-state index >= 15 is 0 Å². The summed E-state index contributed by atoms with van der Waals surface area (Å²) in [5, 5.41) is 13.5. The second-order valence-corrected chi connectivity index (χ2v) is 5.57. The zero-order valence-corrected chi connectivity index (χ0v) is 14.1. The Balaban J connectivity index is 4.64. The number of carboxylic acid groups (broad SMARTS) is 1. The minimum atomic E-state index is -1.48. The number of aliphatic carboxylic acids is 1. The van der Waals surface area contributed by atoms with E-state index in [1.807, 2.05) is 0 Å². The van der Waals surface area contributed by atoms with Gasteiger partial charge in [-0.1, -0.05) is 6.42 Å². The van der Waals surface area contributed by atoms with Gasteiger partial charge in [-0.3, -0.25) is 14.4 Å². The molecule has 24 heavy (non-hydrogen) atoms. The molecule has 0 aromatic rings. The van der Waals surface area contributed by atoms with Gasteiger partial charge in [0.1, 0.15) is 12.1 Å². The van der Waals surface area contributed by atoms with Crippen LogP contribution in [0.4, 0.5) is 0 Å². The number of thiol groups is 1. The Hall–Kier alpha value is -1.85. The number of hydrogen-bond donors (Lipinski definition) is 7. The van der Waals surface area contributed by atoms with Crippen molar-refractivity contribution in [2.75, 3.05) is 12.3 Å². The molecule has 0 bridgehead atoms. The first-order valence-electron chi connectivity index (χ1n) is 7.41. The van der Waals surface area contributed by atoms with Crippen molar-refractivity contribution < 1.29 is 24.3 Å². The summed E-state index contributed by atoms with van der Waals surface area (Å²) in [4.78, 5) is 45.8. The Labute approximate surface area is 145 Å². The van der Waals surface area contributed by atoms with E-state index in [1.54, 1.807) is 0 Å². The summed E-state index contributed by atoms with van der Waals surface area (Å²) < 4.78 is 0. The Bertz CT molecular complexity index is 462. The number of nitrogens with one attached hydrogen (secondary N) is 2. The van der Waals surface area contributed by atoms with E-state index < -0.39 is 48.2 Å². The Morgan fingerprint density at radius 2 is 1.62 bits per heavy atom. The predicted molar refractivity (Wildman–Crippen MR) is 90.0 cm³/mol. The van der Waals surface area contributed by atoms with Crippen LogP contribution in [0.1, 0.15) is 25.7 Å². The largest absolute Gasteiger partial charge is 0.480 e. The summed E-state index contributed by atoms with van der Waals surface area (Å²) in [5.74, 6) is -3.71. The van der Waals surface area contributed by atoms with Gasteiger partial charge in [0.15, 0.2) is 0 Å². The number of rotatable bonds is 12. The van der Waals surface area contributed by atoms with Gasteiger partial charge in [0.2, 0.25) is 17.7 Å². The van der Waals surface area contributed by atoms with Gasteiger partial charge in [-0.25, -0.2) is 4.79 Å². The van der Waals surface area contributed by atoms with Crippen LogP contribution < -0.4 is 27.8 Å². The summed E-state index contributed by atoms with van der Waals surface area (Å²) in [7, 11) is 0. The van der Waals surface area contributed by atoms with Crippen molar-refractivity contribution in [1.29, 1.82) is 0 Å². The molecule has 0 unspecified atom stereocenters. The van der Waals surface area contributed by atoms with Crippen LogP contribution in [0.15, 0.2) is 0 Å². The van der Waals surface area contributed by atoms with E-state index in [-0.39, 0.29) is 5.75 Å². The maximum Gasteiger partial charge on any atom is 0.326 e. The standard InChI is InChI=1S/C13H25N5O5S/c14-4-2-1-3-7(15)11(20)18-9(6-24)12(21)17-8(13(22)23)5-10(16)19/h7-9,24H,1-6,14-15H2,(H2,16,19)(H,17,21)(H,18,20)(H,22,23)/t7-,8-,9-/m0/s1. The second kappa shape index (κ2) is 11.6. The van der Waals surface area contributed by atoms with E-state index in [0.29, 0.717) is 19.4 Å². The minimum absolute atomic E-state index is 0.0734. The molecule has 138 valence electrons. The molecule has 3 amide bonds. The van der Waals surface area contributed by atoms with Crippen molar-refractivity contribution in [2.24, 2.45) is 17.2 Å². The van der Waals surface area contributed by atoms with Crippen LogP contribution >= 0.6 is 12.6 Å².